The highest BCUT2D eigenvalue weighted by Crippen LogP contribution is 2.26. The van der Waals surface area contributed by atoms with Gasteiger partial charge in [0.1, 0.15) is 35.9 Å². The van der Waals surface area contributed by atoms with Crippen LogP contribution in [0.5, 0.6) is 0 Å². The molecule has 0 spiro atoms. The van der Waals surface area contributed by atoms with E-state index in [2.05, 4.69) is 20.4 Å². The summed E-state index contributed by atoms with van der Waals surface area (Å²) in [5.74, 6) is 2.04. The van der Waals surface area contributed by atoms with Crippen molar-refractivity contribution in [3.05, 3.63) is 47.5 Å². The zero-order chi connectivity index (χ0) is 18.7. The standard InChI is InChI=1S/C18H23FN6O/c1-5-20-18(24(3)10-17-22-11-23-25(17)4)21-9-16-12(2)14-8-13(19)6-7-15(14)26-16/h6-8,11H,5,9-10H2,1-4H3,(H,20,21). The maximum Gasteiger partial charge on any atom is 0.194 e. The molecule has 3 rings (SSSR count). The normalized spacial score (nSPS) is 12.0. The van der Waals surface area contributed by atoms with Crippen molar-refractivity contribution in [2.75, 3.05) is 13.6 Å². The van der Waals surface area contributed by atoms with Crippen LogP contribution < -0.4 is 5.32 Å². The predicted molar refractivity (Wildman–Crippen MR) is 98.2 cm³/mol. The Bertz CT molecular complexity index is 929. The number of aliphatic imine (C=N–C) groups is 1. The summed E-state index contributed by atoms with van der Waals surface area (Å²) in [4.78, 5) is 10.9. The van der Waals surface area contributed by atoms with E-state index < -0.39 is 0 Å². The van der Waals surface area contributed by atoms with Crippen molar-refractivity contribution in [1.82, 2.24) is 25.0 Å². The average Bonchev–Trinajstić information content (AvgIpc) is 3.15. The second-order valence-electron chi connectivity index (χ2n) is 6.12. The number of halogens is 1. The van der Waals surface area contributed by atoms with E-state index in [4.69, 9.17) is 4.42 Å². The number of hydrogen-bond acceptors (Lipinski definition) is 4. The first-order chi connectivity index (χ1) is 12.5. The molecular formula is C18H23FN6O. The van der Waals surface area contributed by atoms with E-state index >= 15 is 0 Å². The fourth-order valence-electron chi connectivity index (χ4n) is 2.76. The van der Waals surface area contributed by atoms with Crippen molar-refractivity contribution in [3.63, 3.8) is 0 Å². The SMILES string of the molecule is CCNC(=NCc1oc2ccc(F)cc2c1C)N(C)Cc1ncnn1C. The molecule has 138 valence electrons. The minimum absolute atomic E-state index is 0.270. The lowest BCUT2D eigenvalue weighted by atomic mass is 10.1. The van der Waals surface area contributed by atoms with Crippen LogP contribution in [0.3, 0.4) is 0 Å². The van der Waals surface area contributed by atoms with Gasteiger partial charge in [0.2, 0.25) is 0 Å². The number of aromatic nitrogens is 3. The molecule has 0 aliphatic rings. The number of aryl methyl sites for hydroxylation is 2. The Balaban J connectivity index is 1.81. The molecule has 2 aromatic heterocycles. The summed E-state index contributed by atoms with van der Waals surface area (Å²) in [6, 6.07) is 4.54. The van der Waals surface area contributed by atoms with Crippen LogP contribution in [-0.4, -0.2) is 39.2 Å². The molecule has 0 fully saturated rings. The van der Waals surface area contributed by atoms with E-state index in [1.807, 2.05) is 32.8 Å². The van der Waals surface area contributed by atoms with Gasteiger partial charge in [0.25, 0.3) is 0 Å². The van der Waals surface area contributed by atoms with Gasteiger partial charge >= 0.3 is 0 Å². The molecule has 0 saturated carbocycles. The molecule has 2 heterocycles. The summed E-state index contributed by atoms with van der Waals surface area (Å²) in [6.07, 6.45) is 1.53. The number of nitrogens with one attached hydrogen (secondary N) is 1. The molecule has 0 radical (unpaired) electrons. The van der Waals surface area contributed by atoms with Crippen molar-refractivity contribution in [2.24, 2.45) is 12.0 Å². The third-order valence-corrected chi connectivity index (χ3v) is 4.25. The highest BCUT2D eigenvalue weighted by molar-refractivity contribution is 5.82. The molecule has 3 aromatic rings. The van der Waals surface area contributed by atoms with E-state index in [1.165, 1.54) is 18.5 Å². The summed E-state index contributed by atoms with van der Waals surface area (Å²) in [5, 5.41) is 8.13. The molecule has 0 bridgehead atoms. The van der Waals surface area contributed by atoms with Crippen molar-refractivity contribution < 1.29 is 8.81 Å². The first kappa shape index (κ1) is 17.9. The van der Waals surface area contributed by atoms with Crippen molar-refractivity contribution in [2.45, 2.75) is 26.9 Å². The fourth-order valence-corrected chi connectivity index (χ4v) is 2.76. The Hall–Kier alpha value is -2.90. The Kier molecular flexibility index (Phi) is 5.20. The number of fused-ring (bicyclic) bond motifs is 1. The molecular weight excluding hydrogens is 335 g/mol. The highest BCUT2D eigenvalue weighted by atomic mass is 19.1. The van der Waals surface area contributed by atoms with Gasteiger partial charge in [-0.1, -0.05) is 0 Å². The predicted octanol–water partition coefficient (Wildman–Crippen LogP) is 2.61. The average molecular weight is 358 g/mol. The van der Waals surface area contributed by atoms with E-state index in [9.17, 15) is 4.39 Å². The van der Waals surface area contributed by atoms with Crippen LogP contribution in [0.4, 0.5) is 4.39 Å². The summed E-state index contributed by atoms with van der Waals surface area (Å²) < 4.78 is 21.0. The van der Waals surface area contributed by atoms with E-state index in [0.717, 1.165) is 35.0 Å². The topological polar surface area (TPSA) is 71.5 Å². The van der Waals surface area contributed by atoms with Crippen LogP contribution in [0.2, 0.25) is 0 Å². The van der Waals surface area contributed by atoms with Crippen molar-refractivity contribution in [1.29, 1.82) is 0 Å². The first-order valence-electron chi connectivity index (χ1n) is 8.49. The molecule has 0 unspecified atom stereocenters. The lowest BCUT2D eigenvalue weighted by Crippen LogP contribution is -2.39. The highest BCUT2D eigenvalue weighted by Gasteiger charge is 2.13. The zero-order valence-electron chi connectivity index (χ0n) is 15.5. The monoisotopic (exact) mass is 358 g/mol. The van der Waals surface area contributed by atoms with Gasteiger partial charge in [0, 0.05) is 31.6 Å². The fraction of sp³-hybridized carbons (Fsp3) is 0.389. The van der Waals surface area contributed by atoms with Crippen molar-refractivity contribution >= 4 is 16.9 Å². The lowest BCUT2D eigenvalue weighted by Gasteiger charge is -2.21. The van der Waals surface area contributed by atoms with Crippen molar-refractivity contribution in [3.8, 4) is 0 Å². The number of nitrogens with zero attached hydrogens (tertiary/aromatic N) is 5. The van der Waals surface area contributed by atoms with Gasteiger partial charge in [-0.05, 0) is 32.0 Å². The second kappa shape index (κ2) is 7.55. The van der Waals surface area contributed by atoms with E-state index in [1.54, 1.807) is 10.7 Å². The summed E-state index contributed by atoms with van der Waals surface area (Å²) in [7, 11) is 3.80. The third kappa shape index (κ3) is 3.68. The maximum atomic E-state index is 13.5. The lowest BCUT2D eigenvalue weighted by molar-refractivity contribution is 0.446. The third-order valence-electron chi connectivity index (χ3n) is 4.25. The van der Waals surface area contributed by atoms with Gasteiger partial charge in [-0.15, -0.1) is 0 Å². The van der Waals surface area contributed by atoms with Crippen LogP contribution in [-0.2, 0) is 20.1 Å². The Morgan fingerprint density at radius 2 is 2.23 bits per heavy atom. The number of rotatable bonds is 5. The van der Waals surface area contributed by atoms with Crippen LogP contribution in [0.1, 0.15) is 24.1 Å². The maximum absolute atomic E-state index is 13.5. The van der Waals surface area contributed by atoms with Crippen LogP contribution in [0.25, 0.3) is 11.0 Å². The second-order valence-corrected chi connectivity index (χ2v) is 6.12. The molecule has 1 N–H and O–H groups in total. The number of guanidine groups is 1. The van der Waals surface area contributed by atoms with Crippen LogP contribution in [0, 0.1) is 12.7 Å². The van der Waals surface area contributed by atoms with E-state index in [0.29, 0.717) is 18.7 Å². The molecule has 7 nitrogen and oxygen atoms in total. The zero-order valence-corrected chi connectivity index (χ0v) is 15.5. The molecule has 0 atom stereocenters. The van der Waals surface area contributed by atoms with Gasteiger partial charge < -0.3 is 14.6 Å². The molecule has 26 heavy (non-hydrogen) atoms. The Morgan fingerprint density at radius 3 is 2.92 bits per heavy atom. The number of benzene rings is 1. The van der Waals surface area contributed by atoms with Gasteiger partial charge in [-0.25, -0.2) is 14.4 Å². The largest absolute Gasteiger partial charge is 0.459 e. The molecule has 0 saturated heterocycles. The quantitative estimate of drug-likeness (QED) is 0.561. The number of furan rings is 1. The minimum atomic E-state index is -0.270. The molecule has 0 aliphatic carbocycles. The molecule has 0 amide bonds. The molecule has 1 aromatic carbocycles. The van der Waals surface area contributed by atoms with Gasteiger partial charge in [0.05, 0.1) is 6.54 Å². The Labute approximate surface area is 151 Å². The van der Waals surface area contributed by atoms with E-state index in [-0.39, 0.29) is 5.82 Å². The Morgan fingerprint density at radius 1 is 1.42 bits per heavy atom. The van der Waals surface area contributed by atoms with Crippen LogP contribution in [0.15, 0.2) is 33.9 Å². The van der Waals surface area contributed by atoms with Gasteiger partial charge in [-0.2, -0.15) is 5.10 Å². The molecule has 0 aliphatic heterocycles. The van der Waals surface area contributed by atoms with Gasteiger partial charge in [0.15, 0.2) is 5.96 Å². The summed E-state index contributed by atoms with van der Waals surface area (Å²) in [5.41, 5.74) is 1.58. The smallest absolute Gasteiger partial charge is 0.194 e. The summed E-state index contributed by atoms with van der Waals surface area (Å²) in [6.45, 7) is 5.62. The van der Waals surface area contributed by atoms with Crippen LogP contribution >= 0.6 is 0 Å². The minimum Gasteiger partial charge on any atom is -0.459 e. The number of hydrogen-bond donors (Lipinski definition) is 1. The summed E-state index contributed by atoms with van der Waals surface area (Å²) >= 11 is 0. The van der Waals surface area contributed by atoms with Gasteiger partial charge in [-0.3, -0.25) is 4.68 Å². The first-order valence-corrected chi connectivity index (χ1v) is 8.49. The molecule has 8 heteroatoms.